The lowest BCUT2D eigenvalue weighted by atomic mass is 10.2. The molecule has 0 bridgehead atoms. The molecule has 1 fully saturated rings. The van der Waals surface area contributed by atoms with Gasteiger partial charge in [0, 0.05) is 32.6 Å². The lowest BCUT2D eigenvalue weighted by molar-refractivity contribution is -0.135. The quantitative estimate of drug-likeness (QED) is 0.807. The summed E-state index contributed by atoms with van der Waals surface area (Å²) in [6.45, 7) is 3.22. The van der Waals surface area contributed by atoms with E-state index in [1.165, 1.54) is 12.5 Å². The second-order valence-electron chi connectivity index (χ2n) is 5.97. The van der Waals surface area contributed by atoms with Gasteiger partial charge in [0.15, 0.2) is 0 Å². The molecule has 1 aromatic heterocycles. The van der Waals surface area contributed by atoms with Crippen LogP contribution in [0.15, 0.2) is 53.3 Å². The van der Waals surface area contributed by atoms with Gasteiger partial charge in [0.25, 0.3) is 5.91 Å². The zero-order chi connectivity index (χ0) is 17.5. The number of furan rings is 1. The molecule has 1 saturated heterocycles. The molecule has 6 heteroatoms. The van der Waals surface area contributed by atoms with E-state index in [0.29, 0.717) is 51.4 Å². The van der Waals surface area contributed by atoms with Gasteiger partial charge in [0.2, 0.25) is 5.91 Å². The Morgan fingerprint density at radius 3 is 2.52 bits per heavy atom. The van der Waals surface area contributed by atoms with Gasteiger partial charge in [0.05, 0.1) is 25.0 Å². The average molecular weight is 342 g/mol. The van der Waals surface area contributed by atoms with Crippen LogP contribution in [0.3, 0.4) is 0 Å². The van der Waals surface area contributed by atoms with Crippen molar-refractivity contribution in [1.29, 1.82) is 0 Å². The largest absolute Gasteiger partial charge is 0.472 e. The van der Waals surface area contributed by atoms with Crippen LogP contribution in [-0.4, -0.2) is 54.5 Å². The van der Waals surface area contributed by atoms with Crippen molar-refractivity contribution in [1.82, 2.24) is 9.80 Å². The molecule has 0 aliphatic carbocycles. The maximum Gasteiger partial charge on any atom is 0.257 e. The summed E-state index contributed by atoms with van der Waals surface area (Å²) in [6.07, 6.45) is 3.22. The van der Waals surface area contributed by atoms with Gasteiger partial charge in [-0.3, -0.25) is 9.59 Å². The summed E-state index contributed by atoms with van der Waals surface area (Å²) in [5.74, 6) is -0.0752. The molecule has 6 nitrogen and oxygen atoms in total. The predicted octanol–water partition coefficient (Wildman–Crippen LogP) is 2.17. The van der Waals surface area contributed by atoms with Gasteiger partial charge in [-0.05, 0) is 11.6 Å². The summed E-state index contributed by atoms with van der Waals surface area (Å²) < 4.78 is 10.3. The Morgan fingerprint density at radius 2 is 1.84 bits per heavy atom. The number of morpholine rings is 1. The number of amides is 2. The first-order valence-corrected chi connectivity index (χ1v) is 8.45. The van der Waals surface area contributed by atoms with Crippen LogP contribution < -0.4 is 0 Å². The number of carbonyl (C=O) groups excluding carboxylic acids is 2. The molecule has 0 spiro atoms. The minimum Gasteiger partial charge on any atom is -0.472 e. The van der Waals surface area contributed by atoms with E-state index >= 15 is 0 Å². The van der Waals surface area contributed by atoms with Crippen molar-refractivity contribution in [3.63, 3.8) is 0 Å². The Bertz CT molecular complexity index is 679. The highest BCUT2D eigenvalue weighted by atomic mass is 16.5. The standard InChI is InChI=1S/C19H22N2O4/c22-18(20-9-12-24-13-10-20)6-8-21(14-16-4-2-1-3-5-16)19(23)17-7-11-25-15-17/h1-5,7,11,15H,6,8-10,12-14H2. The predicted molar refractivity (Wildman–Crippen MR) is 91.9 cm³/mol. The minimum atomic E-state index is -0.132. The van der Waals surface area contributed by atoms with Crippen LogP contribution in [0.4, 0.5) is 0 Å². The zero-order valence-corrected chi connectivity index (χ0v) is 14.1. The molecular weight excluding hydrogens is 320 g/mol. The van der Waals surface area contributed by atoms with Crippen molar-refractivity contribution in [3.8, 4) is 0 Å². The molecule has 0 N–H and O–H groups in total. The van der Waals surface area contributed by atoms with E-state index < -0.39 is 0 Å². The van der Waals surface area contributed by atoms with Crippen LogP contribution in [0.5, 0.6) is 0 Å². The van der Waals surface area contributed by atoms with Crippen LogP contribution in [-0.2, 0) is 16.1 Å². The monoisotopic (exact) mass is 342 g/mol. The smallest absolute Gasteiger partial charge is 0.257 e. The third-order valence-corrected chi connectivity index (χ3v) is 4.23. The van der Waals surface area contributed by atoms with Gasteiger partial charge in [0.1, 0.15) is 6.26 Å². The normalized spacial score (nSPS) is 14.3. The highest BCUT2D eigenvalue weighted by Gasteiger charge is 2.21. The van der Waals surface area contributed by atoms with Crippen molar-refractivity contribution < 1.29 is 18.7 Å². The Hall–Kier alpha value is -2.60. The van der Waals surface area contributed by atoms with E-state index in [1.807, 2.05) is 30.3 Å². The minimum absolute atomic E-state index is 0.0568. The molecule has 0 radical (unpaired) electrons. The zero-order valence-electron chi connectivity index (χ0n) is 14.1. The number of hydrogen-bond donors (Lipinski definition) is 0. The van der Waals surface area contributed by atoms with Gasteiger partial charge in [-0.25, -0.2) is 0 Å². The Kier molecular flexibility index (Phi) is 5.85. The van der Waals surface area contributed by atoms with Crippen LogP contribution >= 0.6 is 0 Å². The number of ether oxygens (including phenoxy) is 1. The van der Waals surface area contributed by atoms with Gasteiger partial charge >= 0.3 is 0 Å². The highest BCUT2D eigenvalue weighted by molar-refractivity contribution is 5.94. The topological polar surface area (TPSA) is 63.0 Å². The third kappa shape index (κ3) is 4.70. The molecule has 2 amide bonds. The average Bonchev–Trinajstić information content (AvgIpc) is 3.20. The molecule has 2 aromatic rings. The lowest BCUT2D eigenvalue weighted by Crippen LogP contribution is -2.42. The van der Waals surface area contributed by atoms with Crippen LogP contribution in [0, 0.1) is 0 Å². The first-order chi connectivity index (χ1) is 12.2. The number of benzene rings is 1. The van der Waals surface area contributed by atoms with E-state index in [4.69, 9.17) is 9.15 Å². The third-order valence-electron chi connectivity index (χ3n) is 4.23. The number of nitrogens with zero attached hydrogens (tertiary/aromatic N) is 2. The summed E-state index contributed by atoms with van der Waals surface area (Å²) in [6, 6.07) is 11.4. The van der Waals surface area contributed by atoms with E-state index in [9.17, 15) is 9.59 Å². The van der Waals surface area contributed by atoms with Crippen molar-refractivity contribution in [3.05, 3.63) is 60.1 Å². The first-order valence-electron chi connectivity index (χ1n) is 8.45. The summed E-state index contributed by atoms with van der Waals surface area (Å²) in [5.41, 5.74) is 1.52. The van der Waals surface area contributed by atoms with E-state index in [2.05, 4.69) is 0 Å². The molecule has 0 saturated carbocycles. The van der Waals surface area contributed by atoms with Crippen LogP contribution in [0.2, 0.25) is 0 Å². The van der Waals surface area contributed by atoms with Crippen molar-refractivity contribution in [2.75, 3.05) is 32.8 Å². The van der Waals surface area contributed by atoms with Crippen LogP contribution in [0.1, 0.15) is 22.3 Å². The van der Waals surface area contributed by atoms with Crippen molar-refractivity contribution in [2.24, 2.45) is 0 Å². The van der Waals surface area contributed by atoms with Gasteiger partial charge in [-0.1, -0.05) is 30.3 Å². The van der Waals surface area contributed by atoms with E-state index in [1.54, 1.807) is 15.9 Å². The molecule has 1 aliphatic rings. The van der Waals surface area contributed by atoms with E-state index in [-0.39, 0.29) is 11.8 Å². The molecule has 1 aliphatic heterocycles. The highest BCUT2D eigenvalue weighted by Crippen LogP contribution is 2.12. The summed E-state index contributed by atoms with van der Waals surface area (Å²) in [4.78, 5) is 28.6. The molecule has 132 valence electrons. The fourth-order valence-corrected chi connectivity index (χ4v) is 2.83. The Balaban J connectivity index is 1.65. The Morgan fingerprint density at radius 1 is 1.08 bits per heavy atom. The maximum atomic E-state index is 12.7. The maximum absolute atomic E-state index is 12.7. The molecule has 2 heterocycles. The number of rotatable bonds is 6. The van der Waals surface area contributed by atoms with Gasteiger partial charge in [-0.15, -0.1) is 0 Å². The Labute approximate surface area is 147 Å². The molecule has 25 heavy (non-hydrogen) atoms. The first kappa shape index (κ1) is 17.2. The lowest BCUT2D eigenvalue weighted by Gasteiger charge is -2.28. The summed E-state index contributed by atoms with van der Waals surface area (Å²) in [7, 11) is 0. The fraction of sp³-hybridized carbons (Fsp3) is 0.368. The second kappa shape index (κ2) is 8.48. The molecule has 0 unspecified atom stereocenters. The molecule has 3 rings (SSSR count). The van der Waals surface area contributed by atoms with Gasteiger partial charge < -0.3 is 19.0 Å². The number of hydrogen-bond acceptors (Lipinski definition) is 4. The van der Waals surface area contributed by atoms with Crippen molar-refractivity contribution >= 4 is 11.8 Å². The fourth-order valence-electron chi connectivity index (χ4n) is 2.83. The van der Waals surface area contributed by atoms with Gasteiger partial charge in [-0.2, -0.15) is 0 Å². The summed E-state index contributed by atoms with van der Waals surface area (Å²) >= 11 is 0. The van der Waals surface area contributed by atoms with Crippen LogP contribution in [0.25, 0.3) is 0 Å². The number of carbonyl (C=O) groups is 2. The molecule has 0 atom stereocenters. The summed E-state index contributed by atoms with van der Waals surface area (Å²) in [5, 5.41) is 0. The molecule has 1 aromatic carbocycles. The second-order valence-corrected chi connectivity index (χ2v) is 5.97. The molecular formula is C19H22N2O4. The van der Waals surface area contributed by atoms with E-state index in [0.717, 1.165) is 5.56 Å². The SMILES string of the molecule is O=C(CCN(Cc1ccccc1)C(=O)c1ccoc1)N1CCOCC1. The van der Waals surface area contributed by atoms with Crippen molar-refractivity contribution in [2.45, 2.75) is 13.0 Å².